The summed E-state index contributed by atoms with van der Waals surface area (Å²) in [5.74, 6) is 2.56. The molecule has 0 aromatic carbocycles. The molecule has 1 saturated carbocycles. The van der Waals surface area contributed by atoms with Crippen molar-refractivity contribution in [1.82, 2.24) is 24.8 Å². The first-order valence-corrected chi connectivity index (χ1v) is 7.69. The molecule has 0 spiro atoms. The first-order chi connectivity index (χ1) is 10.3. The number of imidazole rings is 1. The molecule has 7 nitrogen and oxygen atoms in total. The van der Waals surface area contributed by atoms with Crippen molar-refractivity contribution in [2.75, 3.05) is 50.0 Å². The van der Waals surface area contributed by atoms with Gasteiger partial charge in [-0.05, 0) is 18.8 Å². The first-order valence-electron chi connectivity index (χ1n) is 7.69. The summed E-state index contributed by atoms with van der Waals surface area (Å²) in [6.07, 6.45) is 4.53. The standard InChI is InChI=1S/C14H21N7/c1-15-14-18-12-11(16-9-17-12)13(19-14)21-6-4-20(5-7-21)8-10-2-3-10/h9-10H,2-8H2,1H3,(H2,15,16,17,18,19). The van der Waals surface area contributed by atoms with Crippen LogP contribution < -0.4 is 10.2 Å². The molecule has 2 fully saturated rings. The van der Waals surface area contributed by atoms with E-state index in [1.807, 2.05) is 7.05 Å². The summed E-state index contributed by atoms with van der Waals surface area (Å²) in [7, 11) is 1.84. The Morgan fingerprint density at radius 2 is 2.05 bits per heavy atom. The van der Waals surface area contributed by atoms with E-state index in [9.17, 15) is 0 Å². The van der Waals surface area contributed by atoms with Crippen molar-refractivity contribution < 1.29 is 0 Å². The van der Waals surface area contributed by atoms with Gasteiger partial charge in [0.25, 0.3) is 0 Å². The summed E-state index contributed by atoms with van der Waals surface area (Å²) in [5.41, 5.74) is 1.66. The van der Waals surface area contributed by atoms with Crippen molar-refractivity contribution in [3.8, 4) is 0 Å². The van der Waals surface area contributed by atoms with Gasteiger partial charge in [0, 0.05) is 39.8 Å². The number of piperazine rings is 1. The molecule has 1 aliphatic carbocycles. The topological polar surface area (TPSA) is 73.0 Å². The predicted octanol–water partition coefficient (Wildman–Crippen LogP) is 0.927. The van der Waals surface area contributed by atoms with Crippen LogP contribution in [0.15, 0.2) is 6.33 Å². The SMILES string of the molecule is CNc1nc(N2CCN(CC3CC3)CC2)c2[nH]cnc2n1. The number of fused-ring (bicyclic) bond motifs is 1. The maximum absolute atomic E-state index is 4.63. The molecule has 3 heterocycles. The average Bonchev–Trinajstić information content (AvgIpc) is 3.21. The number of hydrogen-bond acceptors (Lipinski definition) is 6. The van der Waals surface area contributed by atoms with Gasteiger partial charge in [0.1, 0.15) is 5.52 Å². The number of aromatic amines is 1. The molecule has 7 heteroatoms. The summed E-state index contributed by atoms with van der Waals surface area (Å²) in [4.78, 5) is 21.4. The fraction of sp³-hybridized carbons (Fsp3) is 0.643. The molecule has 1 aliphatic heterocycles. The molecule has 0 amide bonds. The van der Waals surface area contributed by atoms with Crippen LogP contribution in [0.5, 0.6) is 0 Å². The summed E-state index contributed by atoms with van der Waals surface area (Å²) in [6, 6.07) is 0. The van der Waals surface area contributed by atoms with Crippen molar-refractivity contribution >= 4 is 22.9 Å². The van der Waals surface area contributed by atoms with Gasteiger partial charge in [0.05, 0.1) is 6.33 Å². The number of nitrogens with one attached hydrogen (secondary N) is 2. The molecule has 21 heavy (non-hydrogen) atoms. The molecule has 2 aliphatic rings. The number of anilines is 2. The van der Waals surface area contributed by atoms with Crippen LogP contribution in [0.25, 0.3) is 11.2 Å². The number of H-pyrrole nitrogens is 1. The normalized spacial score (nSPS) is 20.1. The van der Waals surface area contributed by atoms with E-state index >= 15 is 0 Å². The van der Waals surface area contributed by atoms with Crippen LogP contribution in [-0.2, 0) is 0 Å². The summed E-state index contributed by atoms with van der Waals surface area (Å²) < 4.78 is 0. The zero-order valence-electron chi connectivity index (χ0n) is 12.3. The van der Waals surface area contributed by atoms with Gasteiger partial charge in [-0.3, -0.25) is 4.90 Å². The molecular weight excluding hydrogens is 266 g/mol. The van der Waals surface area contributed by atoms with Crippen molar-refractivity contribution in [2.24, 2.45) is 5.92 Å². The van der Waals surface area contributed by atoms with Gasteiger partial charge in [-0.1, -0.05) is 0 Å². The molecule has 112 valence electrons. The monoisotopic (exact) mass is 287 g/mol. The minimum atomic E-state index is 0.630. The molecular formula is C14H21N7. The van der Waals surface area contributed by atoms with Crippen LogP contribution in [0, 0.1) is 5.92 Å². The first kappa shape index (κ1) is 12.8. The van der Waals surface area contributed by atoms with Gasteiger partial charge >= 0.3 is 0 Å². The van der Waals surface area contributed by atoms with Gasteiger partial charge in [0.2, 0.25) is 5.95 Å². The number of hydrogen-bond donors (Lipinski definition) is 2. The molecule has 0 unspecified atom stereocenters. The third-order valence-corrected chi connectivity index (χ3v) is 4.38. The molecule has 0 atom stereocenters. The fourth-order valence-electron chi connectivity index (χ4n) is 2.97. The highest BCUT2D eigenvalue weighted by Crippen LogP contribution is 2.30. The lowest BCUT2D eigenvalue weighted by Gasteiger charge is -2.35. The second-order valence-corrected chi connectivity index (χ2v) is 5.95. The molecule has 4 rings (SSSR count). The van der Waals surface area contributed by atoms with E-state index in [2.05, 4.69) is 35.1 Å². The van der Waals surface area contributed by atoms with Crippen LogP contribution in [0.4, 0.5) is 11.8 Å². The highest BCUT2D eigenvalue weighted by Gasteiger charge is 2.27. The van der Waals surface area contributed by atoms with Gasteiger partial charge < -0.3 is 15.2 Å². The second-order valence-electron chi connectivity index (χ2n) is 5.95. The maximum Gasteiger partial charge on any atom is 0.226 e. The Kier molecular flexibility index (Phi) is 3.14. The highest BCUT2D eigenvalue weighted by molar-refractivity contribution is 5.84. The third kappa shape index (κ3) is 2.53. The largest absolute Gasteiger partial charge is 0.357 e. The van der Waals surface area contributed by atoms with Gasteiger partial charge in [-0.25, -0.2) is 4.98 Å². The minimum absolute atomic E-state index is 0.630. The van der Waals surface area contributed by atoms with E-state index in [-0.39, 0.29) is 0 Å². The molecule has 2 N–H and O–H groups in total. The van der Waals surface area contributed by atoms with Gasteiger partial charge in [0.15, 0.2) is 11.5 Å². The van der Waals surface area contributed by atoms with Crippen molar-refractivity contribution in [1.29, 1.82) is 0 Å². The summed E-state index contributed by atoms with van der Waals surface area (Å²) in [5, 5.41) is 3.02. The molecule has 1 saturated heterocycles. The second kappa shape index (κ2) is 5.14. The van der Waals surface area contributed by atoms with Crippen LogP contribution in [0.1, 0.15) is 12.8 Å². The molecule has 0 bridgehead atoms. The lowest BCUT2D eigenvalue weighted by molar-refractivity contribution is 0.248. The van der Waals surface area contributed by atoms with Crippen LogP contribution in [-0.4, -0.2) is 64.6 Å². The lowest BCUT2D eigenvalue weighted by atomic mass is 10.2. The number of nitrogens with zero attached hydrogens (tertiary/aromatic N) is 5. The van der Waals surface area contributed by atoms with Gasteiger partial charge in [-0.2, -0.15) is 9.97 Å². The van der Waals surface area contributed by atoms with Crippen LogP contribution in [0.3, 0.4) is 0 Å². The molecule has 0 radical (unpaired) electrons. The summed E-state index contributed by atoms with van der Waals surface area (Å²) in [6.45, 7) is 5.54. The molecule has 2 aromatic heterocycles. The minimum Gasteiger partial charge on any atom is -0.357 e. The number of rotatable bonds is 4. The highest BCUT2D eigenvalue weighted by atomic mass is 15.3. The van der Waals surface area contributed by atoms with E-state index in [4.69, 9.17) is 0 Å². The Balaban J connectivity index is 1.54. The number of aromatic nitrogens is 4. The van der Waals surface area contributed by atoms with Crippen molar-refractivity contribution in [2.45, 2.75) is 12.8 Å². The maximum atomic E-state index is 4.63. The zero-order valence-corrected chi connectivity index (χ0v) is 12.3. The average molecular weight is 287 g/mol. The van der Waals surface area contributed by atoms with E-state index in [0.717, 1.165) is 49.1 Å². The Morgan fingerprint density at radius 3 is 2.76 bits per heavy atom. The van der Waals surface area contributed by atoms with E-state index in [1.165, 1.54) is 19.4 Å². The van der Waals surface area contributed by atoms with Crippen molar-refractivity contribution in [3.63, 3.8) is 0 Å². The third-order valence-electron chi connectivity index (χ3n) is 4.38. The van der Waals surface area contributed by atoms with E-state index in [1.54, 1.807) is 6.33 Å². The van der Waals surface area contributed by atoms with Crippen LogP contribution >= 0.6 is 0 Å². The Labute approximate surface area is 123 Å². The van der Waals surface area contributed by atoms with Crippen molar-refractivity contribution in [3.05, 3.63) is 6.33 Å². The van der Waals surface area contributed by atoms with Crippen LogP contribution in [0.2, 0.25) is 0 Å². The van der Waals surface area contributed by atoms with E-state index < -0.39 is 0 Å². The zero-order chi connectivity index (χ0) is 14.2. The lowest BCUT2D eigenvalue weighted by Crippen LogP contribution is -2.47. The smallest absolute Gasteiger partial charge is 0.226 e. The quantitative estimate of drug-likeness (QED) is 0.871. The van der Waals surface area contributed by atoms with Gasteiger partial charge in [-0.15, -0.1) is 0 Å². The van der Waals surface area contributed by atoms with E-state index in [0.29, 0.717) is 5.95 Å². The Bertz CT molecular complexity index is 625. The Hall–Kier alpha value is -1.89. The molecule has 2 aromatic rings. The Morgan fingerprint density at radius 1 is 1.24 bits per heavy atom. The predicted molar refractivity (Wildman–Crippen MR) is 82.6 cm³/mol. The summed E-state index contributed by atoms with van der Waals surface area (Å²) >= 11 is 0. The fourth-order valence-corrected chi connectivity index (χ4v) is 2.97.